The van der Waals surface area contributed by atoms with E-state index in [-0.39, 0.29) is 24.5 Å². The highest BCUT2D eigenvalue weighted by molar-refractivity contribution is 5.76. The Labute approximate surface area is 106 Å². The number of ether oxygens (including phenoxy) is 1. The Bertz CT molecular complexity index is 406. The first-order valence-electron chi connectivity index (χ1n) is 6.23. The van der Waals surface area contributed by atoms with Crippen molar-refractivity contribution in [3.8, 4) is 0 Å². The fraction of sp³-hybridized carbons (Fsp3) is 0.727. The van der Waals surface area contributed by atoms with Gasteiger partial charge in [-0.05, 0) is 12.8 Å². The van der Waals surface area contributed by atoms with Crippen molar-refractivity contribution >= 4 is 11.9 Å². The molecule has 2 heterocycles. The molecular weight excluding hydrogens is 234 g/mol. The standard InChI is InChI=1S/C11H19N5O2/c1-2-9-6-15(4-3-5-18-9)10(17)7-16-8-13-11(12)14-16/h8-9H,2-7H2,1H3,(H2,12,14). The van der Waals surface area contributed by atoms with Gasteiger partial charge in [0.15, 0.2) is 0 Å². The van der Waals surface area contributed by atoms with E-state index in [1.165, 1.54) is 11.0 Å². The molecule has 1 unspecified atom stereocenters. The second-order valence-corrected chi connectivity index (χ2v) is 4.39. The number of rotatable bonds is 3. The van der Waals surface area contributed by atoms with Crippen LogP contribution in [0.2, 0.25) is 0 Å². The monoisotopic (exact) mass is 253 g/mol. The number of nitrogens with zero attached hydrogens (tertiary/aromatic N) is 4. The number of nitrogen functional groups attached to an aromatic ring is 1. The second-order valence-electron chi connectivity index (χ2n) is 4.39. The number of nitrogens with two attached hydrogens (primary N) is 1. The Morgan fingerprint density at radius 2 is 2.50 bits per heavy atom. The van der Waals surface area contributed by atoms with E-state index in [9.17, 15) is 4.79 Å². The normalized spacial score (nSPS) is 20.7. The van der Waals surface area contributed by atoms with Gasteiger partial charge in [-0.2, -0.15) is 0 Å². The van der Waals surface area contributed by atoms with Crippen molar-refractivity contribution in [2.75, 3.05) is 25.4 Å². The van der Waals surface area contributed by atoms with E-state index in [2.05, 4.69) is 17.0 Å². The van der Waals surface area contributed by atoms with Crippen molar-refractivity contribution in [2.45, 2.75) is 32.4 Å². The topological polar surface area (TPSA) is 86.3 Å². The first-order valence-corrected chi connectivity index (χ1v) is 6.23. The second kappa shape index (κ2) is 5.81. The minimum absolute atomic E-state index is 0.0313. The average molecular weight is 253 g/mol. The van der Waals surface area contributed by atoms with Crippen LogP contribution in [0.1, 0.15) is 19.8 Å². The van der Waals surface area contributed by atoms with E-state index in [4.69, 9.17) is 10.5 Å². The predicted octanol–water partition coefficient (Wildman–Crippen LogP) is -0.112. The smallest absolute Gasteiger partial charge is 0.244 e. The van der Waals surface area contributed by atoms with Crippen LogP contribution in [0.15, 0.2) is 6.33 Å². The van der Waals surface area contributed by atoms with Crippen molar-refractivity contribution < 1.29 is 9.53 Å². The van der Waals surface area contributed by atoms with Gasteiger partial charge in [-0.15, -0.1) is 5.10 Å². The van der Waals surface area contributed by atoms with Gasteiger partial charge in [-0.1, -0.05) is 6.92 Å². The number of aromatic nitrogens is 3. The van der Waals surface area contributed by atoms with Crippen LogP contribution in [-0.2, 0) is 16.1 Å². The zero-order chi connectivity index (χ0) is 13.0. The van der Waals surface area contributed by atoms with Gasteiger partial charge < -0.3 is 15.4 Å². The zero-order valence-electron chi connectivity index (χ0n) is 10.6. The van der Waals surface area contributed by atoms with E-state index in [1.54, 1.807) is 0 Å². The van der Waals surface area contributed by atoms with Crippen LogP contribution in [0.25, 0.3) is 0 Å². The highest BCUT2D eigenvalue weighted by atomic mass is 16.5. The fourth-order valence-electron chi connectivity index (χ4n) is 1.99. The molecule has 2 N–H and O–H groups in total. The summed E-state index contributed by atoms with van der Waals surface area (Å²) in [6.45, 7) is 4.36. The number of hydrogen-bond acceptors (Lipinski definition) is 5. The molecule has 1 aliphatic heterocycles. The van der Waals surface area contributed by atoms with Crippen molar-refractivity contribution in [1.82, 2.24) is 19.7 Å². The maximum Gasteiger partial charge on any atom is 0.244 e. The molecule has 2 rings (SSSR count). The molecule has 0 radical (unpaired) electrons. The summed E-state index contributed by atoms with van der Waals surface area (Å²) in [5, 5.41) is 3.91. The molecule has 0 aliphatic carbocycles. The Balaban J connectivity index is 1.94. The third-order valence-electron chi connectivity index (χ3n) is 3.01. The van der Waals surface area contributed by atoms with Crippen molar-refractivity contribution in [1.29, 1.82) is 0 Å². The Morgan fingerprint density at radius 3 is 3.17 bits per heavy atom. The number of carbonyl (C=O) groups is 1. The fourth-order valence-corrected chi connectivity index (χ4v) is 1.99. The summed E-state index contributed by atoms with van der Waals surface area (Å²) in [5.74, 6) is 0.220. The molecule has 1 aromatic rings. The lowest BCUT2D eigenvalue weighted by Gasteiger charge is -2.23. The molecule has 18 heavy (non-hydrogen) atoms. The summed E-state index contributed by atoms with van der Waals surface area (Å²) in [7, 11) is 0. The van der Waals surface area contributed by atoms with E-state index in [1.807, 2.05) is 4.90 Å². The van der Waals surface area contributed by atoms with Crippen molar-refractivity contribution in [3.05, 3.63) is 6.33 Å². The van der Waals surface area contributed by atoms with Gasteiger partial charge >= 0.3 is 0 Å². The van der Waals surface area contributed by atoms with Gasteiger partial charge in [0, 0.05) is 19.7 Å². The molecule has 0 bridgehead atoms. The van der Waals surface area contributed by atoms with E-state index >= 15 is 0 Å². The van der Waals surface area contributed by atoms with Crippen LogP contribution in [0, 0.1) is 0 Å². The summed E-state index contributed by atoms with van der Waals surface area (Å²) in [6, 6.07) is 0. The minimum Gasteiger partial charge on any atom is -0.376 e. The molecule has 1 amide bonds. The Morgan fingerprint density at radius 1 is 1.67 bits per heavy atom. The molecular formula is C11H19N5O2. The Hall–Kier alpha value is -1.63. The lowest BCUT2D eigenvalue weighted by Crippen LogP contribution is -2.38. The average Bonchev–Trinajstić information content (AvgIpc) is 2.65. The summed E-state index contributed by atoms with van der Waals surface area (Å²) in [5.41, 5.74) is 5.41. The summed E-state index contributed by atoms with van der Waals surface area (Å²) in [6.07, 6.45) is 3.40. The zero-order valence-corrected chi connectivity index (χ0v) is 10.6. The Kier molecular flexibility index (Phi) is 4.14. The third-order valence-corrected chi connectivity index (χ3v) is 3.01. The highest BCUT2D eigenvalue weighted by Crippen LogP contribution is 2.09. The maximum absolute atomic E-state index is 12.1. The van der Waals surface area contributed by atoms with Gasteiger partial charge in [0.2, 0.25) is 11.9 Å². The molecule has 1 aliphatic rings. The quantitative estimate of drug-likeness (QED) is 0.812. The van der Waals surface area contributed by atoms with Crippen LogP contribution in [-0.4, -0.2) is 51.4 Å². The molecule has 0 aromatic carbocycles. The van der Waals surface area contributed by atoms with Crippen LogP contribution < -0.4 is 5.73 Å². The highest BCUT2D eigenvalue weighted by Gasteiger charge is 2.21. The van der Waals surface area contributed by atoms with Crippen LogP contribution in [0.5, 0.6) is 0 Å². The molecule has 7 nitrogen and oxygen atoms in total. The first-order chi connectivity index (χ1) is 8.69. The van der Waals surface area contributed by atoms with Gasteiger partial charge in [-0.3, -0.25) is 4.79 Å². The van der Waals surface area contributed by atoms with E-state index in [0.717, 1.165) is 26.0 Å². The largest absolute Gasteiger partial charge is 0.376 e. The van der Waals surface area contributed by atoms with E-state index in [0.29, 0.717) is 6.54 Å². The predicted molar refractivity (Wildman–Crippen MR) is 65.7 cm³/mol. The minimum atomic E-state index is 0.0313. The van der Waals surface area contributed by atoms with E-state index < -0.39 is 0 Å². The first kappa shape index (κ1) is 12.8. The molecule has 1 fully saturated rings. The molecule has 1 aromatic heterocycles. The number of amides is 1. The van der Waals surface area contributed by atoms with Gasteiger partial charge in [0.1, 0.15) is 12.9 Å². The SMILES string of the molecule is CCC1CN(C(=O)Cn2cnc(N)n2)CCCO1. The number of anilines is 1. The molecule has 0 spiro atoms. The van der Waals surface area contributed by atoms with Gasteiger partial charge in [0.25, 0.3) is 0 Å². The van der Waals surface area contributed by atoms with Crippen LogP contribution in [0.4, 0.5) is 5.95 Å². The number of carbonyl (C=O) groups excluding carboxylic acids is 1. The molecule has 100 valence electrons. The summed E-state index contributed by atoms with van der Waals surface area (Å²) < 4.78 is 7.10. The van der Waals surface area contributed by atoms with Gasteiger partial charge in [-0.25, -0.2) is 9.67 Å². The molecule has 0 saturated carbocycles. The lowest BCUT2D eigenvalue weighted by atomic mass is 10.2. The summed E-state index contributed by atoms with van der Waals surface area (Å²) in [4.78, 5) is 17.8. The third kappa shape index (κ3) is 3.19. The maximum atomic E-state index is 12.1. The molecule has 1 atom stereocenters. The van der Waals surface area contributed by atoms with Gasteiger partial charge in [0.05, 0.1) is 6.10 Å². The van der Waals surface area contributed by atoms with Crippen molar-refractivity contribution in [3.63, 3.8) is 0 Å². The summed E-state index contributed by atoms with van der Waals surface area (Å²) >= 11 is 0. The number of hydrogen-bond donors (Lipinski definition) is 1. The van der Waals surface area contributed by atoms with Crippen molar-refractivity contribution in [2.24, 2.45) is 0 Å². The molecule has 1 saturated heterocycles. The molecule has 7 heteroatoms. The lowest BCUT2D eigenvalue weighted by molar-refractivity contribution is -0.132. The van der Waals surface area contributed by atoms with Crippen LogP contribution in [0.3, 0.4) is 0 Å². The van der Waals surface area contributed by atoms with Crippen LogP contribution >= 0.6 is 0 Å².